The van der Waals surface area contributed by atoms with E-state index in [0.29, 0.717) is 16.7 Å². The Hall–Kier alpha value is -4.45. The number of benzene rings is 3. The summed E-state index contributed by atoms with van der Waals surface area (Å²) in [5, 5.41) is 15.6. The quantitative estimate of drug-likeness (QED) is 0.272. The number of halogens is 4. The number of aromatic hydroxyl groups is 1. The van der Waals surface area contributed by atoms with Crippen molar-refractivity contribution in [1.82, 2.24) is 9.97 Å². The van der Waals surface area contributed by atoms with E-state index >= 15 is 0 Å². The van der Waals surface area contributed by atoms with E-state index in [0.717, 1.165) is 12.1 Å². The van der Waals surface area contributed by atoms with Crippen LogP contribution in [0.5, 0.6) is 28.9 Å². The van der Waals surface area contributed by atoms with Gasteiger partial charge in [0.05, 0.1) is 28.7 Å². The van der Waals surface area contributed by atoms with Crippen molar-refractivity contribution < 1.29 is 37.3 Å². The molecular formula is C23H16ClF3N4O5. The average Bonchev–Trinajstić information content (AvgIpc) is 2.81. The minimum atomic E-state index is -4.81. The van der Waals surface area contributed by atoms with Crippen LogP contribution in [0.4, 0.5) is 29.3 Å². The summed E-state index contributed by atoms with van der Waals surface area (Å²) >= 11 is 6.28. The van der Waals surface area contributed by atoms with Crippen LogP contribution >= 0.6 is 11.6 Å². The Balaban J connectivity index is 1.44. The van der Waals surface area contributed by atoms with E-state index in [1.54, 1.807) is 0 Å². The lowest BCUT2D eigenvalue weighted by Crippen LogP contribution is -2.20. The summed E-state index contributed by atoms with van der Waals surface area (Å²) < 4.78 is 51.5. The molecule has 0 fully saturated rings. The lowest BCUT2D eigenvalue weighted by atomic mass is 10.2. The van der Waals surface area contributed by atoms with Crippen LogP contribution in [0, 0.1) is 0 Å². The van der Waals surface area contributed by atoms with Gasteiger partial charge in [-0.15, -0.1) is 13.2 Å². The molecule has 1 heterocycles. The molecule has 0 saturated heterocycles. The molecule has 4 rings (SSSR count). The number of hydrogen-bond donors (Lipinski definition) is 3. The summed E-state index contributed by atoms with van der Waals surface area (Å²) in [6.07, 6.45) is -3.54. The number of phenols is 1. The number of nitrogens with one attached hydrogen (secondary N) is 2. The molecule has 13 heteroatoms. The first-order valence-corrected chi connectivity index (χ1v) is 10.4. The van der Waals surface area contributed by atoms with Crippen LogP contribution in [0.3, 0.4) is 0 Å². The van der Waals surface area contributed by atoms with Crippen LogP contribution < -0.4 is 24.8 Å². The lowest BCUT2D eigenvalue weighted by Gasteiger charge is -2.12. The second-order valence-corrected chi connectivity index (χ2v) is 7.52. The number of hydrogen-bond acceptors (Lipinski definition) is 7. The third-order valence-electron chi connectivity index (χ3n) is 4.65. The zero-order chi connectivity index (χ0) is 25.9. The molecule has 0 unspecified atom stereocenters. The van der Waals surface area contributed by atoms with Crippen molar-refractivity contribution in [1.29, 1.82) is 0 Å². The number of phenolic OH excluding ortho intramolecular Hbond substituents is 1. The maximum Gasteiger partial charge on any atom is 0.573 e. The number of alkyl halides is 3. The number of methoxy groups -OCH3 is 1. The van der Waals surface area contributed by atoms with Crippen LogP contribution in [0.2, 0.25) is 5.02 Å². The number of carbonyl (C=O) groups excluding carboxylic acids is 1. The first-order chi connectivity index (χ1) is 17.1. The van der Waals surface area contributed by atoms with E-state index < -0.39 is 18.1 Å². The van der Waals surface area contributed by atoms with Crippen LogP contribution in [0.15, 0.2) is 60.9 Å². The molecule has 0 saturated carbocycles. The molecule has 0 aliphatic heterocycles. The summed E-state index contributed by atoms with van der Waals surface area (Å²) in [6, 6.07) is 11.4. The second kappa shape index (κ2) is 10.0. The van der Waals surface area contributed by atoms with Crippen molar-refractivity contribution >= 4 is 39.9 Å². The summed E-state index contributed by atoms with van der Waals surface area (Å²) in [4.78, 5) is 20.5. The normalized spacial score (nSPS) is 11.1. The third-order valence-corrected chi connectivity index (χ3v) is 4.96. The maximum atomic E-state index is 12.3. The van der Waals surface area contributed by atoms with E-state index in [2.05, 4.69) is 25.3 Å². The standard InChI is InChI=1S/C23H16ClF3N4O5/c1-34-20-9-15-18(10-19(20)32)28-11-29-21(15)35-14-6-7-17(16(24)8-14)31-22(33)30-12-2-4-13(5-3-12)36-23(25,26)27/h2-11,32H,1H3,(H2,30,31,33). The monoisotopic (exact) mass is 520 g/mol. The average molecular weight is 521 g/mol. The van der Waals surface area contributed by atoms with Gasteiger partial charge in [0.1, 0.15) is 17.8 Å². The minimum absolute atomic E-state index is 0.0861. The smallest absolute Gasteiger partial charge is 0.504 e. The SMILES string of the molecule is COc1cc2c(Oc3ccc(NC(=O)Nc4ccc(OC(F)(F)F)cc4)c(Cl)c3)ncnc2cc1O. The van der Waals surface area contributed by atoms with Crippen LogP contribution in [-0.2, 0) is 0 Å². The van der Waals surface area contributed by atoms with Gasteiger partial charge in [-0.25, -0.2) is 14.8 Å². The molecule has 36 heavy (non-hydrogen) atoms. The van der Waals surface area contributed by atoms with E-state index in [1.165, 1.54) is 55.9 Å². The molecular weight excluding hydrogens is 505 g/mol. The molecule has 0 radical (unpaired) electrons. The molecule has 9 nitrogen and oxygen atoms in total. The number of carbonyl (C=O) groups is 1. The van der Waals surface area contributed by atoms with Crippen LogP contribution in [0.25, 0.3) is 10.9 Å². The van der Waals surface area contributed by atoms with Gasteiger partial charge in [-0.1, -0.05) is 11.6 Å². The molecule has 186 valence electrons. The highest BCUT2D eigenvalue weighted by molar-refractivity contribution is 6.34. The fourth-order valence-electron chi connectivity index (χ4n) is 3.09. The first-order valence-electron chi connectivity index (χ1n) is 10.0. The molecule has 0 spiro atoms. The van der Waals surface area contributed by atoms with E-state index in [1.807, 2.05) is 0 Å². The Morgan fingerprint density at radius 3 is 2.39 bits per heavy atom. The van der Waals surface area contributed by atoms with Gasteiger partial charge in [0, 0.05) is 17.8 Å². The number of fused-ring (bicyclic) bond motifs is 1. The Morgan fingerprint density at radius 1 is 1.00 bits per heavy atom. The summed E-state index contributed by atoms with van der Waals surface area (Å²) in [6.45, 7) is 0. The molecule has 4 aromatic rings. The fourth-order valence-corrected chi connectivity index (χ4v) is 3.31. The molecule has 0 aliphatic rings. The zero-order valence-corrected chi connectivity index (χ0v) is 19.0. The summed E-state index contributed by atoms with van der Waals surface area (Å²) in [5.41, 5.74) is 0.908. The van der Waals surface area contributed by atoms with Crippen LogP contribution in [0.1, 0.15) is 0 Å². The highest BCUT2D eigenvalue weighted by Crippen LogP contribution is 2.36. The van der Waals surface area contributed by atoms with Crippen molar-refractivity contribution in [3.8, 4) is 28.9 Å². The fraction of sp³-hybridized carbons (Fsp3) is 0.0870. The van der Waals surface area contributed by atoms with Gasteiger partial charge < -0.3 is 30.0 Å². The zero-order valence-electron chi connectivity index (χ0n) is 18.3. The number of anilines is 2. The van der Waals surface area contributed by atoms with Crippen molar-refractivity contribution in [3.63, 3.8) is 0 Å². The van der Waals surface area contributed by atoms with Gasteiger partial charge in [0.25, 0.3) is 0 Å². The largest absolute Gasteiger partial charge is 0.573 e. The predicted molar refractivity (Wildman–Crippen MR) is 125 cm³/mol. The van der Waals surface area contributed by atoms with Gasteiger partial charge in [-0.05, 0) is 42.5 Å². The number of aromatic nitrogens is 2. The van der Waals surface area contributed by atoms with Crippen LogP contribution in [-0.4, -0.2) is 34.6 Å². The molecule has 0 aliphatic carbocycles. The van der Waals surface area contributed by atoms with E-state index in [-0.39, 0.29) is 33.8 Å². The second-order valence-electron chi connectivity index (χ2n) is 7.12. The third kappa shape index (κ3) is 5.96. The predicted octanol–water partition coefficient (Wildman–Crippen LogP) is 6.33. The van der Waals surface area contributed by atoms with Gasteiger partial charge in [-0.2, -0.15) is 0 Å². The van der Waals surface area contributed by atoms with Crippen molar-refractivity contribution in [3.05, 3.63) is 65.9 Å². The summed E-state index contributed by atoms with van der Waals surface area (Å²) in [7, 11) is 1.41. The highest BCUT2D eigenvalue weighted by Gasteiger charge is 2.31. The number of ether oxygens (including phenoxy) is 3. The Kier molecular flexibility index (Phi) is 6.88. The first kappa shape index (κ1) is 24.7. The minimum Gasteiger partial charge on any atom is -0.504 e. The van der Waals surface area contributed by atoms with E-state index in [4.69, 9.17) is 21.1 Å². The van der Waals surface area contributed by atoms with Gasteiger partial charge in [0.15, 0.2) is 11.5 Å². The molecule has 0 atom stereocenters. The lowest BCUT2D eigenvalue weighted by molar-refractivity contribution is -0.274. The van der Waals surface area contributed by atoms with Gasteiger partial charge in [-0.3, -0.25) is 0 Å². The number of rotatable bonds is 6. The maximum absolute atomic E-state index is 12.3. The summed E-state index contributed by atoms with van der Waals surface area (Å²) in [5.74, 6) is 0.202. The number of amides is 2. The molecule has 3 N–H and O–H groups in total. The number of urea groups is 1. The molecule has 1 aromatic heterocycles. The molecule has 2 amide bonds. The number of nitrogens with zero attached hydrogens (tertiary/aromatic N) is 2. The van der Waals surface area contributed by atoms with E-state index in [9.17, 15) is 23.1 Å². The van der Waals surface area contributed by atoms with Gasteiger partial charge >= 0.3 is 12.4 Å². The van der Waals surface area contributed by atoms with Crippen molar-refractivity contribution in [2.24, 2.45) is 0 Å². The molecule has 0 bridgehead atoms. The topological polar surface area (TPSA) is 115 Å². The Morgan fingerprint density at radius 2 is 1.72 bits per heavy atom. The molecule has 3 aromatic carbocycles. The Bertz CT molecular complexity index is 1420. The van der Waals surface area contributed by atoms with Crippen molar-refractivity contribution in [2.45, 2.75) is 6.36 Å². The highest BCUT2D eigenvalue weighted by atomic mass is 35.5. The van der Waals surface area contributed by atoms with Gasteiger partial charge in [0.2, 0.25) is 5.88 Å². The van der Waals surface area contributed by atoms with Crippen molar-refractivity contribution in [2.75, 3.05) is 17.7 Å². The Labute approximate surface area is 206 Å².